The zero-order chi connectivity index (χ0) is 19.3. The second kappa shape index (κ2) is 8.28. The SMILES string of the molecule is CCCCC(=O)NN=Cc1c(O)n(-c2ccc(C)c(C)c2)c(=O)[nH]c1=O. The Labute approximate surface area is 150 Å². The van der Waals surface area contributed by atoms with Crippen molar-refractivity contribution in [1.29, 1.82) is 0 Å². The van der Waals surface area contributed by atoms with Gasteiger partial charge in [-0.15, -0.1) is 0 Å². The third-order valence-electron chi connectivity index (χ3n) is 4.01. The van der Waals surface area contributed by atoms with E-state index >= 15 is 0 Å². The minimum absolute atomic E-state index is 0.224. The van der Waals surface area contributed by atoms with Crippen LogP contribution < -0.4 is 16.7 Å². The number of amides is 1. The Morgan fingerprint density at radius 2 is 2.04 bits per heavy atom. The molecule has 0 aliphatic heterocycles. The average molecular weight is 358 g/mol. The third kappa shape index (κ3) is 4.27. The molecule has 8 nitrogen and oxygen atoms in total. The van der Waals surface area contributed by atoms with Crippen molar-refractivity contribution in [2.45, 2.75) is 40.0 Å². The fourth-order valence-electron chi connectivity index (χ4n) is 2.32. The van der Waals surface area contributed by atoms with E-state index in [-0.39, 0.29) is 11.5 Å². The zero-order valence-electron chi connectivity index (χ0n) is 15.0. The maximum Gasteiger partial charge on any atom is 0.335 e. The second-order valence-corrected chi connectivity index (χ2v) is 6.00. The van der Waals surface area contributed by atoms with Crippen molar-refractivity contribution in [3.8, 4) is 11.6 Å². The van der Waals surface area contributed by atoms with Crippen LogP contribution in [0.2, 0.25) is 0 Å². The van der Waals surface area contributed by atoms with Gasteiger partial charge in [-0.2, -0.15) is 5.10 Å². The van der Waals surface area contributed by atoms with Crippen LogP contribution in [-0.4, -0.2) is 26.8 Å². The third-order valence-corrected chi connectivity index (χ3v) is 4.01. The molecule has 0 atom stereocenters. The van der Waals surface area contributed by atoms with Gasteiger partial charge in [0.25, 0.3) is 5.56 Å². The number of carbonyl (C=O) groups excluding carboxylic acids is 1. The molecule has 1 heterocycles. The van der Waals surface area contributed by atoms with Crippen molar-refractivity contribution in [2.24, 2.45) is 5.10 Å². The van der Waals surface area contributed by atoms with E-state index in [1.165, 1.54) is 0 Å². The summed E-state index contributed by atoms with van der Waals surface area (Å²) >= 11 is 0. The fourth-order valence-corrected chi connectivity index (χ4v) is 2.32. The normalized spacial score (nSPS) is 11.0. The van der Waals surface area contributed by atoms with Crippen LogP contribution in [0.1, 0.15) is 42.9 Å². The van der Waals surface area contributed by atoms with Crippen LogP contribution >= 0.6 is 0 Å². The summed E-state index contributed by atoms with van der Waals surface area (Å²) < 4.78 is 0.980. The number of hydrogen-bond donors (Lipinski definition) is 3. The highest BCUT2D eigenvalue weighted by Gasteiger charge is 2.14. The monoisotopic (exact) mass is 358 g/mol. The Hall–Kier alpha value is -3.16. The van der Waals surface area contributed by atoms with Crippen LogP contribution in [-0.2, 0) is 4.79 Å². The quantitative estimate of drug-likeness (QED) is 0.536. The predicted octanol–water partition coefficient (Wildman–Crippen LogP) is 1.49. The zero-order valence-corrected chi connectivity index (χ0v) is 15.0. The number of rotatable bonds is 6. The molecule has 3 N–H and O–H groups in total. The molecule has 138 valence electrons. The van der Waals surface area contributed by atoms with Crippen LogP contribution in [0.25, 0.3) is 5.69 Å². The van der Waals surface area contributed by atoms with Crippen molar-refractivity contribution in [1.82, 2.24) is 15.0 Å². The van der Waals surface area contributed by atoms with E-state index in [1.54, 1.807) is 12.1 Å². The average Bonchev–Trinajstić information content (AvgIpc) is 2.58. The number of H-pyrrole nitrogens is 1. The van der Waals surface area contributed by atoms with E-state index < -0.39 is 17.1 Å². The first-order valence-corrected chi connectivity index (χ1v) is 8.33. The molecular formula is C18H22N4O4. The Bertz CT molecular complexity index is 957. The summed E-state index contributed by atoms with van der Waals surface area (Å²) in [6, 6.07) is 5.20. The van der Waals surface area contributed by atoms with Crippen LogP contribution in [0.5, 0.6) is 5.88 Å². The number of nitrogens with one attached hydrogen (secondary N) is 2. The molecule has 0 spiro atoms. The number of aromatic amines is 1. The van der Waals surface area contributed by atoms with Crippen LogP contribution in [0, 0.1) is 13.8 Å². The van der Waals surface area contributed by atoms with Gasteiger partial charge in [0, 0.05) is 6.42 Å². The van der Waals surface area contributed by atoms with Gasteiger partial charge >= 0.3 is 5.69 Å². The van der Waals surface area contributed by atoms with Crippen molar-refractivity contribution in [3.05, 3.63) is 55.7 Å². The smallest absolute Gasteiger partial charge is 0.335 e. The number of nitrogens with zero attached hydrogens (tertiary/aromatic N) is 2. The first kappa shape index (κ1) is 19.2. The molecule has 8 heteroatoms. The molecule has 0 aliphatic rings. The molecule has 1 amide bonds. The van der Waals surface area contributed by atoms with Crippen molar-refractivity contribution < 1.29 is 9.90 Å². The summed E-state index contributed by atoms with van der Waals surface area (Å²) in [4.78, 5) is 37.8. The summed E-state index contributed by atoms with van der Waals surface area (Å²) in [7, 11) is 0. The Morgan fingerprint density at radius 1 is 1.31 bits per heavy atom. The Kier molecular flexibility index (Phi) is 6.11. The van der Waals surface area contributed by atoms with Gasteiger partial charge in [-0.25, -0.2) is 14.8 Å². The highest BCUT2D eigenvalue weighted by atomic mass is 16.3. The lowest BCUT2D eigenvalue weighted by Gasteiger charge is -2.11. The van der Waals surface area contributed by atoms with Gasteiger partial charge in [0.2, 0.25) is 11.8 Å². The van der Waals surface area contributed by atoms with E-state index in [9.17, 15) is 19.5 Å². The van der Waals surface area contributed by atoms with E-state index in [0.717, 1.165) is 34.8 Å². The van der Waals surface area contributed by atoms with Gasteiger partial charge in [0.15, 0.2) is 0 Å². The largest absolute Gasteiger partial charge is 0.493 e. The summed E-state index contributed by atoms with van der Waals surface area (Å²) in [6.07, 6.45) is 2.94. The number of hydrogen-bond acceptors (Lipinski definition) is 5. The minimum atomic E-state index is -0.792. The van der Waals surface area contributed by atoms with E-state index in [1.807, 2.05) is 26.8 Å². The molecule has 0 fully saturated rings. The minimum Gasteiger partial charge on any atom is -0.493 e. The molecule has 26 heavy (non-hydrogen) atoms. The highest BCUT2D eigenvalue weighted by molar-refractivity contribution is 5.84. The lowest BCUT2D eigenvalue weighted by atomic mass is 10.1. The van der Waals surface area contributed by atoms with Gasteiger partial charge in [0.1, 0.15) is 5.56 Å². The molecule has 0 aliphatic carbocycles. The van der Waals surface area contributed by atoms with E-state index in [4.69, 9.17) is 0 Å². The van der Waals surface area contributed by atoms with E-state index in [0.29, 0.717) is 12.1 Å². The summed E-state index contributed by atoms with van der Waals surface area (Å²) in [6.45, 7) is 5.76. The van der Waals surface area contributed by atoms with Crippen molar-refractivity contribution in [2.75, 3.05) is 0 Å². The number of aryl methyl sites for hydroxylation is 2. The van der Waals surface area contributed by atoms with Crippen molar-refractivity contribution in [3.63, 3.8) is 0 Å². The molecule has 2 rings (SSSR count). The van der Waals surface area contributed by atoms with Gasteiger partial charge in [-0.3, -0.25) is 14.6 Å². The molecule has 1 aromatic heterocycles. The van der Waals surface area contributed by atoms with Gasteiger partial charge in [-0.05, 0) is 43.5 Å². The topological polar surface area (TPSA) is 117 Å². The molecule has 0 unspecified atom stereocenters. The number of carbonyl (C=O) groups is 1. The molecule has 1 aromatic carbocycles. The highest BCUT2D eigenvalue weighted by Crippen LogP contribution is 2.18. The fraction of sp³-hybridized carbons (Fsp3) is 0.333. The first-order valence-electron chi connectivity index (χ1n) is 8.33. The molecular weight excluding hydrogens is 336 g/mol. The molecule has 0 radical (unpaired) electrons. The van der Waals surface area contributed by atoms with Crippen LogP contribution in [0.4, 0.5) is 0 Å². The lowest BCUT2D eigenvalue weighted by Crippen LogP contribution is -2.31. The molecule has 2 aromatic rings. The number of aromatic hydroxyl groups is 1. The maximum atomic E-state index is 12.1. The summed E-state index contributed by atoms with van der Waals surface area (Å²) in [5, 5.41) is 14.1. The van der Waals surface area contributed by atoms with Gasteiger partial charge in [0.05, 0.1) is 11.9 Å². The Morgan fingerprint density at radius 3 is 2.69 bits per heavy atom. The maximum absolute atomic E-state index is 12.1. The van der Waals surface area contributed by atoms with Gasteiger partial charge in [-0.1, -0.05) is 19.4 Å². The summed E-state index contributed by atoms with van der Waals surface area (Å²) in [5.74, 6) is -0.838. The molecule has 0 saturated heterocycles. The van der Waals surface area contributed by atoms with E-state index in [2.05, 4.69) is 15.5 Å². The number of hydrazone groups is 1. The lowest BCUT2D eigenvalue weighted by molar-refractivity contribution is -0.121. The molecule has 0 saturated carbocycles. The summed E-state index contributed by atoms with van der Waals surface area (Å²) in [5.41, 5.74) is 2.88. The van der Waals surface area contributed by atoms with Crippen molar-refractivity contribution >= 4 is 12.1 Å². The number of unbranched alkanes of at least 4 members (excludes halogenated alkanes) is 1. The standard InChI is InChI=1S/C18H22N4O4/c1-4-5-6-15(23)21-19-10-14-16(24)20-18(26)22(17(14)25)13-8-7-11(2)12(3)9-13/h7-10,25H,4-6H2,1-3H3,(H,21,23)(H,20,24,26). The predicted molar refractivity (Wildman–Crippen MR) is 99.1 cm³/mol. The molecule has 0 bridgehead atoms. The number of aromatic nitrogens is 2. The number of benzene rings is 1. The van der Waals surface area contributed by atoms with Crippen LogP contribution in [0.3, 0.4) is 0 Å². The van der Waals surface area contributed by atoms with Crippen LogP contribution in [0.15, 0.2) is 32.9 Å². The second-order valence-electron chi connectivity index (χ2n) is 6.00. The first-order chi connectivity index (χ1) is 12.3. The van der Waals surface area contributed by atoms with Gasteiger partial charge < -0.3 is 5.11 Å². The Balaban J connectivity index is 2.40.